The molecule has 0 N–H and O–H groups in total. The predicted molar refractivity (Wildman–Crippen MR) is 620 cm³/mol. The number of benzene rings is 22. The van der Waals surface area contributed by atoms with Gasteiger partial charge in [-0.25, -0.2) is 24.9 Å². The zero-order valence-electron chi connectivity index (χ0n) is 81.0. The molecule has 0 aliphatic rings. The van der Waals surface area contributed by atoms with Gasteiger partial charge in [0.25, 0.3) is 0 Å². The van der Waals surface area contributed by atoms with E-state index in [0.717, 1.165) is 123 Å². The summed E-state index contributed by atoms with van der Waals surface area (Å²) < 4.78 is 14.3. The maximum Gasteiger partial charge on any atom is 0.238 e. The van der Waals surface area contributed by atoms with Crippen molar-refractivity contribution in [2.75, 3.05) is 0 Å². The van der Waals surface area contributed by atoms with Crippen molar-refractivity contribution in [3.63, 3.8) is 0 Å². The fourth-order valence-electron chi connectivity index (χ4n) is 22.8. The first-order valence-electron chi connectivity index (χ1n) is 50.7. The minimum Gasteiger partial charge on any atom is -0.309 e. The Kier molecular flexibility index (Phi) is 20.6. The van der Waals surface area contributed by atoms with Crippen LogP contribution in [0.1, 0.15) is 0 Å². The van der Waals surface area contributed by atoms with E-state index in [9.17, 15) is 0 Å². The van der Waals surface area contributed by atoms with Crippen LogP contribution in [0.15, 0.2) is 528 Å². The quantitative estimate of drug-likeness (QED) is 0.113. The molecule has 9 heterocycles. The van der Waals surface area contributed by atoms with Crippen molar-refractivity contribution in [2.45, 2.75) is 0 Å². The minimum absolute atomic E-state index is 0.593. The Morgan fingerprint density at radius 1 is 0.127 bits per heavy atom. The summed E-state index contributed by atoms with van der Waals surface area (Å²) in [5, 5.41) is 19.1. The number of aromatic nitrogens is 13. The van der Waals surface area contributed by atoms with Gasteiger partial charge in [-0.1, -0.05) is 406 Å². The van der Waals surface area contributed by atoms with Gasteiger partial charge in [-0.2, -0.15) is 9.97 Å². The van der Waals surface area contributed by atoms with Gasteiger partial charge in [0.1, 0.15) is 0 Å². The molecule has 0 saturated carbocycles. The highest BCUT2D eigenvalue weighted by Crippen LogP contribution is 2.48. The van der Waals surface area contributed by atoms with Crippen LogP contribution in [0.2, 0.25) is 0 Å². The second-order valence-corrected chi connectivity index (χ2v) is 38.2. The van der Waals surface area contributed by atoms with E-state index in [0.29, 0.717) is 23.4 Å². The lowest BCUT2D eigenvalue weighted by Crippen LogP contribution is -2.06. The molecule has 0 atom stereocenters. The van der Waals surface area contributed by atoms with Crippen molar-refractivity contribution in [1.29, 1.82) is 0 Å². The molecule has 0 aliphatic carbocycles. The fraction of sp³-hybridized carbons (Fsp3) is 0. The largest absolute Gasteiger partial charge is 0.309 e. The molecule has 700 valence electrons. The number of rotatable bonds is 13. The van der Waals surface area contributed by atoms with E-state index in [1.807, 2.05) is 97.1 Å². The Hall–Kier alpha value is -20.4. The summed E-state index contributed by atoms with van der Waals surface area (Å²) in [6.07, 6.45) is 0. The standard InChI is InChI=1S/C50H32N4.C48H30N4.C39H25N5/c1-3-13-33(14-4-1)34-23-25-36(26-24-34)50-51-44-20-10-7-19-43(44)47(52-50)35-27-29-38(30-28-35)54-46-22-12-9-18-40(46)42-32-31-41-39-17-8-11-21-45(39)53(48(41)49(42)54)37-15-5-2-6-16-37;1-2-13-33(14-3-1)48-49-42-19-9-6-18-41(42)45(50-48)32-23-25-35(26-24-32)51-43-20-10-7-16-37(43)39-28-29-40-38-17-8-11-21-44(38)52(47(40)46(39)51)36-27-22-31-12-4-5-15-34(31)30-36;1-4-14-26(15-5-1)37-40-38(27-16-6-2-7-17-27)42-39(41-37)44-34-23-13-11-21-30(34)32-24-35-31(25-36(32)44)29-20-10-12-22-33(29)43(35)28-18-8-3-9-19-28/h1-32H;1-30H;1-25H. The molecule has 0 radical (unpaired) electrons. The van der Waals surface area contributed by atoms with Gasteiger partial charge in [-0.15, -0.1) is 0 Å². The molecule has 0 bridgehead atoms. The van der Waals surface area contributed by atoms with Gasteiger partial charge >= 0.3 is 0 Å². The molecule has 13 heteroatoms. The predicted octanol–water partition coefficient (Wildman–Crippen LogP) is 34.5. The van der Waals surface area contributed by atoms with E-state index < -0.39 is 0 Å². The zero-order chi connectivity index (χ0) is 98.8. The molecule has 0 amide bonds. The smallest absolute Gasteiger partial charge is 0.238 e. The van der Waals surface area contributed by atoms with Gasteiger partial charge < -0.3 is 22.8 Å². The van der Waals surface area contributed by atoms with E-state index in [4.69, 9.17) is 34.9 Å². The first-order valence-corrected chi connectivity index (χ1v) is 50.7. The van der Waals surface area contributed by atoms with Crippen LogP contribution in [-0.4, -0.2) is 62.3 Å². The number of hydrogen-bond donors (Lipinski definition) is 0. The van der Waals surface area contributed by atoms with E-state index in [-0.39, 0.29) is 0 Å². The number of para-hydroxylation sites is 10. The van der Waals surface area contributed by atoms with Crippen molar-refractivity contribution in [1.82, 2.24) is 62.3 Å². The van der Waals surface area contributed by atoms with Crippen LogP contribution in [0, 0.1) is 0 Å². The van der Waals surface area contributed by atoms with Gasteiger partial charge in [-0.05, 0) is 143 Å². The van der Waals surface area contributed by atoms with Crippen LogP contribution < -0.4 is 0 Å². The molecule has 0 unspecified atom stereocenters. The summed E-state index contributed by atoms with van der Waals surface area (Å²) in [5.41, 5.74) is 31.6. The highest BCUT2D eigenvalue weighted by molar-refractivity contribution is 6.26. The molecule has 0 fully saturated rings. The molecular weight excluding hydrogens is 1830 g/mol. The molecule has 22 aromatic carbocycles. The SMILES string of the molecule is c1ccc(-c2ccc(-c3nc(-c4ccc(-n5c6ccccc6c6ccc7c8ccccc8n(-c8ccccc8)c7c65)cc4)c4ccccc4n3)cc2)cc1.c1ccc(-c2nc(-c3ccc(-n4c5ccccc5c5ccc6c7ccccc7n(-c7ccc8ccccc8c7)c6c54)cc3)c3ccccc3n2)cc1.c1ccc(-c2nc(-c3ccccc3)nc(-n3c4ccccc4c4cc5c(cc43)c3ccccc3n5-c3ccccc3)n2)cc1. The van der Waals surface area contributed by atoms with E-state index in [2.05, 4.69) is 458 Å². The summed E-state index contributed by atoms with van der Waals surface area (Å²) in [6.45, 7) is 0. The topological polar surface area (TPSA) is 120 Å². The van der Waals surface area contributed by atoms with Crippen LogP contribution >= 0.6 is 0 Å². The fourth-order valence-corrected chi connectivity index (χ4v) is 22.8. The van der Waals surface area contributed by atoms with Crippen molar-refractivity contribution >= 4 is 163 Å². The molecule has 13 nitrogen and oxygen atoms in total. The summed E-state index contributed by atoms with van der Waals surface area (Å²) in [6, 6.07) is 187. The Balaban J connectivity index is 0.000000106. The van der Waals surface area contributed by atoms with Gasteiger partial charge in [0.05, 0.1) is 88.6 Å². The second kappa shape index (κ2) is 35.9. The molecule has 150 heavy (non-hydrogen) atoms. The van der Waals surface area contributed by atoms with Gasteiger partial charge in [0, 0.05) is 137 Å². The van der Waals surface area contributed by atoms with Crippen LogP contribution in [0.4, 0.5) is 0 Å². The van der Waals surface area contributed by atoms with Crippen molar-refractivity contribution in [3.05, 3.63) is 528 Å². The third-order valence-electron chi connectivity index (χ3n) is 29.6. The molecule has 31 aromatic rings. The van der Waals surface area contributed by atoms with Crippen molar-refractivity contribution < 1.29 is 0 Å². The Labute approximate surface area is 861 Å². The Bertz CT molecular complexity index is 10700. The van der Waals surface area contributed by atoms with Crippen molar-refractivity contribution in [2.24, 2.45) is 0 Å². The molecule has 0 aliphatic heterocycles. The lowest BCUT2D eigenvalue weighted by atomic mass is 10.0. The number of hydrogen-bond acceptors (Lipinski definition) is 7. The molecule has 0 spiro atoms. The van der Waals surface area contributed by atoms with E-state index >= 15 is 0 Å². The summed E-state index contributed by atoms with van der Waals surface area (Å²) in [4.78, 5) is 35.5. The lowest BCUT2D eigenvalue weighted by Gasteiger charge is -2.14. The number of fused-ring (bicyclic) bond motifs is 23. The minimum atomic E-state index is 0.593. The highest BCUT2D eigenvalue weighted by Gasteiger charge is 2.28. The van der Waals surface area contributed by atoms with Gasteiger partial charge in [0.2, 0.25) is 5.95 Å². The van der Waals surface area contributed by atoms with E-state index in [1.54, 1.807) is 0 Å². The van der Waals surface area contributed by atoms with Crippen LogP contribution in [0.25, 0.3) is 277 Å². The molecular formula is C137H87N13. The Morgan fingerprint density at radius 3 is 0.787 bits per heavy atom. The maximum atomic E-state index is 5.23. The molecule has 0 saturated heterocycles. The first kappa shape index (κ1) is 86.3. The van der Waals surface area contributed by atoms with E-state index in [1.165, 1.54) is 131 Å². The number of nitrogens with zero attached hydrogens (tertiary/aromatic N) is 13. The third-order valence-corrected chi connectivity index (χ3v) is 29.6. The second-order valence-electron chi connectivity index (χ2n) is 38.2. The zero-order valence-corrected chi connectivity index (χ0v) is 81.0. The first-order chi connectivity index (χ1) is 74.4. The monoisotopic (exact) mass is 1910 g/mol. The third kappa shape index (κ3) is 14.5. The summed E-state index contributed by atoms with van der Waals surface area (Å²) in [7, 11) is 0. The molecule has 9 aromatic heterocycles. The summed E-state index contributed by atoms with van der Waals surface area (Å²) >= 11 is 0. The van der Waals surface area contributed by atoms with Gasteiger partial charge in [0.15, 0.2) is 23.3 Å². The van der Waals surface area contributed by atoms with Gasteiger partial charge in [-0.3, -0.25) is 4.57 Å². The Morgan fingerprint density at radius 2 is 0.387 bits per heavy atom. The molecule has 31 rings (SSSR count). The van der Waals surface area contributed by atoms with Crippen LogP contribution in [-0.2, 0) is 0 Å². The summed E-state index contributed by atoms with van der Waals surface area (Å²) in [5.74, 6) is 3.31. The highest BCUT2D eigenvalue weighted by atomic mass is 15.2. The van der Waals surface area contributed by atoms with Crippen LogP contribution in [0.5, 0.6) is 0 Å². The lowest BCUT2D eigenvalue weighted by molar-refractivity contribution is 0.954. The average molecular weight is 1920 g/mol. The average Bonchev–Trinajstić information content (AvgIpc) is 1.55. The normalized spacial score (nSPS) is 11.7. The maximum absolute atomic E-state index is 5.23. The van der Waals surface area contributed by atoms with Crippen molar-refractivity contribution in [3.8, 4) is 114 Å². The van der Waals surface area contributed by atoms with Crippen LogP contribution in [0.3, 0.4) is 0 Å².